The number of rotatable bonds is 7. The molecule has 2 aromatic carbocycles. The molecule has 7 nitrogen and oxygen atoms in total. The van der Waals surface area contributed by atoms with Gasteiger partial charge in [0.25, 0.3) is 5.91 Å². The van der Waals surface area contributed by atoms with Crippen LogP contribution in [0.2, 0.25) is 0 Å². The fourth-order valence-corrected chi connectivity index (χ4v) is 5.03. The molecule has 0 atom stereocenters. The SMILES string of the molecule is CCN1C(=O)/C(=C\c2cc(I)c(OCC(=O)O)c(OC)c2)SC1=Nc1c(C)cccc1C. The smallest absolute Gasteiger partial charge is 0.341 e. The van der Waals surface area contributed by atoms with Crippen molar-refractivity contribution in [3.8, 4) is 11.5 Å². The molecule has 0 aliphatic carbocycles. The maximum atomic E-state index is 13.0. The molecule has 1 aliphatic heterocycles. The third kappa shape index (κ3) is 5.26. The predicted octanol–water partition coefficient (Wildman–Crippen LogP) is 5.00. The molecule has 1 amide bonds. The fourth-order valence-electron chi connectivity index (χ4n) is 3.20. The number of methoxy groups -OCH3 is 1. The first-order valence-corrected chi connectivity index (χ1v) is 11.7. The molecule has 32 heavy (non-hydrogen) atoms. The third-order valence-electron chi connectivity index (χ3n) is 4.74. The first-order chi connectivity index (χ1) is 15.2. The zero-order chi connectivity index (χ0) is 23.4. The van der Waals surface area contributed by atoms with Gasteiger partial charge < -0.3 is 14.6 Å². The van der Waals surface area contributed by atoms with E-state index < -0.39 is 12.6 Å². The van der Waals surface area contributed by atoms with Crippen LogP contribution < -0.4 is 9.47 Å². The van der Waals surface area contributed by atoms with Crippen molar-refractivity contribution in [1.29, 1.82) is 0 Å². The van der Waals surface area contributed by atoms with Gasteiger partial charge in [0.2, 0.25) is 0 Å². The summed E-state index contributed by atoms with van der Waals surface area (Å²) in [7, 11) is 1.49. The number of hydrogen-bond acceptors (Lipinski definition) is 6. The van der Waals surface area contributed by atoms with E-state index >= 15 is 0 Å². The van der Waals surface area contributed by atoms with Crippen molar-refractivity contribution in [3.63, 3.8) is 0 Å². The number of likely N-dealkylation sites (N-methyl/N-ethyl adjacent to an activating group) is 1. The molecule has 0 unspecified atom stereocenters. The Hall–Kier alpha value is -2.53. The number of aliphatic imine (C=N–C) groups is 1. The number of carboxylic acid groups (broad SMARTS) is 1. The van der Waals surface area contributed by atoms with Gasteiger partial charge in [-0.2, -0.15) is 0 Å². The Balaban J connectivity index is 1.97. The molecule has 1 saturated heterocycles. The van der Waals surface area contributed by atoms with Gasteiger partial charge in [0.1, 0.15) is 0 Å². The first-order valence-electron chi connectivity index (χ1n) is 9.83. The predicted molar refractivity (Wildman–Crippen MR) is 135 cm³/mol. The number of nitrogens with zero attached hydrogens (tertiary/aromatic N) is 2. The van der Waals surface area contributed by atoms with Crippen LogP contribution >= 0.6 is 34.4 Å². The molecule has 0 saturated carbocycles. The highest BCUT2D eigenvalue weighted by molar-refractivity contribution is 14.1. The molecule has 2 aromatic rings. The van der Waals surface area contributed by atoms with E-state index in [0.29, 0.717) is 31.7 Å². The zero-order valence-electron chi connectivity index (χ0n) is 18.1. The van der Waals surface area contributed by atoms with Gasteiger partial charge in [-0.25, -0.2) is 9.79 Å². The van der Waals surface area contributed by atoms with Crippen LogP contribution in [0.25, 0.3) is 6.08 Å². The van der Waals surface area contributed by atoms with Crippen molar-refractivity contribution < 1.29 is 24.2 Å². The summed E-state index contributed by atoms with van der Waals surface area (Å²) in [5.74, 6) is -0.423. The number of para-hydroxylation sites is 1. The minimum Gasteiger partial charge on any atom is -0.493 e. The van der Waals surface area contributed by atoms with Crippen LogP contribution in [-0.4, -0.2) is 47.3 Å². The van der Waals surface area contributed by atoms with Crippen molar-refractivity contribution >= 4 is 63.2 Å². The highest BCUT2D eigenvalue weighted by atomic mass is 127. The summed E-state index contributed by atoms with van der Waals surface area (Å²) >= 11 is 3.39. The molecular formula is C23H23IN2O5S. The second-order valence-corrected chi connectivity index (χ2v) is 9.18. The normalized spacial score (nSPS) is 16.2. The van der Waals surface area contributed by atoms with E-state index in [0.717, 1.165) is 22.4 Å². The quantitative estimate of drug-likeness (QED) is 0.375. The minimum atomic E-state index is -1.07. The van der Waals surface area contributed by atoms with Gasteiger partial charge in [0, 0.05) is 6.54 Å². The van der Waals surface area contributed by atoms with E-state index in [2.05, 4.69) is 22.6 Å². The topological polar surface area (TPSA) is 88.4 Å². The highest BCUT2D eigenvalue weighted by Gasteiger charge is 2.32. The molecule has 1 N–H and O–H groups in total. The lowest BCUT2D eigenvalue weighted by atomic mass is 10.1. The number of amides is 1. The number of carboxylic acids is 1. The van der Waals surface area contributed by atoms with Crippen molar-refractivity contribution in [2.24, 2.45) is 4.99 Å². The summed E-state index contributed by atoms with van der Waals surface area (Å²) in [5, 5.41) is 9.52. The van der Waals surface area contributed by atoms with E-state index in [4.69, 9.17) is 19.6 Å². The number of amidine groups is 1. The zero-order valence-corrected chi connectivity index (χ0v) is 21.1. The maximum absolute atomic E-state index is 13.0. The summed E-state index contributed by atoms with van der Waals surface area (Å²) in [6.07, 6.45) is 1.79. The van der Waals surface area contributed by atoms with Crippen LogP contribution in [0.5, 0.6) is 11.5 Å². The highest BCUT2D eigenvalue weighted by Crippen LogP contribution is 2.38. The maximum Gasteiger partial charge on any atom is 0.341 e. The van der Waals surface area contributed by atoms with Crippen LogP contribution in [0.15, 0.2) is 40.2 Å². The second-order valence-electron chi connectivity index (χ2n) is 7.01. The van der Waals surface area contributed by atoms with E-state index in [9.17, 15) is 9.59 Å². The van der Waals surface area contributed by atoms with Gasteiger partial charge >= 0.3 is 5.97 Å². The molecule has 1 fully saturated rings. The Morgan fingerprint density at radius 2 is 1.97 bits per heavy atom. The lowest BCUT2D eigenvalue weighted by Gasteiger charge is -2.13. The number of benzene rings is 2. The molecular weight excluding hydrogens is 543 g/mol. The Bertz CT molecular complexity index is 1110. The van der Waals surface area contributed by atoms with Gasteiger partial charge in [0.05, 0.1) is 21.3 Å². The van der Waals surface area contributed by atoms with E-state index in [1.165, 1.54) is 18.9 Å². The largest absolute Gasteiger partial charge is 0.493 e. The molecule has 9 heteroatoms. The van der Waals surface area contributed by atoms with Crippen molar-refractivity contribution in [2.45, 2.75) is 20.8 Å². The molecule has 0 radical (unpaired) electrons. The number of aryl methyl sites for hydroxylation is 2. The molecule has 168 valence electrons. The van der Waals surface area contributed by atoms with E-state index in [-0.39, 0.29) is 5.91 Å². The number of thioether (sulfide) groups is 1. The van der Waals surface area contributed by atoms with Crippen LogP contribution in [-0.2, 0) is 9.59 Å². The summed E-state index contributed by atoms with van der Waals surface area (Å²) in [6, 6.07) is 9.53. The van der Waals surface area contributed by atoms with Crippen LogP contribution in [0.3, 0.4) is 0 Å². The average molecular weight is 566 g/mol. The second kappa shape index (κ2) is 10.4. The molecule has 1 heterocycles. The summed E-state index contributed by atoms with van der Waals surface area (Å²) in [4.78, 5) is 30.9. The van der Waals surface area contributed by atoms with Crippen LogP contribution in [0, 0.1) is 17.4 Å². The fraction of sp³-hybridized carbons (Fsp3) is 0.261. The van der Waals surface area contributed by atoms with Crippen LogP contribution in [0.1, 0.15) is 23.6 Å². The molecule has 0 bridgehead atoms. The minimum absolute atomic E-state index is 0.109. The third-order valence-corrected chi connectivity index (χ3v) is 6.55. The van der Waals surface area contributed by atoms with E-state index in [1.807, 2.05) is 45.0 Å². The Morgan fingerprint density at radius 3 is 2.56 bits per heavy atom. The van der Waals surface area contributed by atoms with Gasteiger partial charge in [-0.1, -0.05) is 18.2 Å². The molecule has 3 rings (SSSR count). The first kappa shape index (κ1) is 24.1. The summed E-state index contributed by atoms with van der Waals surface area (Å²) in [6.45, 7) is 5.97. The van der Waals surface area contributed by atoms with Crippen molar-refractivity contribution in [1.82, 2.24) is 4.90 Å². The van der Waals surface area contributed by atoms with Gasteiger partial charge in [-0.15, -0.1) is 0 Å². The number of aliphatic carboxylic acids is 1. The Morgan fingerprint density at radius 1 is 1.28 bits per heavy atom. The van der Waals surface area contributed by atoms with Crippen molar-refractivity contribution in [3.05, 3.63) is 55.5 Å². The summed E-state index contributed by atoms with van der Waals surface area (Å²) in [5.41, 5.74) is 3.72. The Kier molecular flexibility index (Phi) is 7.83. The molecule has 1 aliphatic rings. The number of carbonyl (C=O) groups is 2. The van der Waals surface area contributed by atoms with Gasteiger partial charge in [-0.05, 0) is 90.0 Å². The number of ether oxygens (including phenoxy) is 2. The van der Waals surface area contributed by atoms with Gasteiger partial charge in [0.15, 0.2) is 23.3 Å². The van der Waals surface area contributed by atoms with Crippen molar-refractivity contribution in [2.75, 3.05) is 20.3 Å². The molecule has 0 spiro atoms. The standard InChI is InChI=1S/C23H23IN2O5S/c1-5-26-22(29)18(32-23(26)25-20-13(2)7-6-8-14(20)3)11-15-9-16(24)21(17(10-15)30-4)31-12-19(27)28/h6-11H,5,12H2,1-4H3,(H,27,28)/b18-11+,25-23?. The Labute approximate surface area is 204 Å². The lowest BCUT2D eigenvalue weighted by Crippen LogP contribution is -2.28. The number of halogens is 1. The van der Waals surface area contributed by atoms with E-state index in [1.54, 1.807) is 17.0 Å². The monoisotopic (exact) mass is 566 g/mol. The van der Waals surface area contributed by atoms with Gasteiger partial charge in [-0.3, -0.25) is 9.69 Å². The number of carbonyl (C=O) groups excluding carboxylic acids is 1. The lowest BCUT2D eigenvalue weighted by molar-refractivity contribution is -0.139. The average Bonchev–Trinajstić information content (AvgIpc) is 3.03. The van der Waals surface area contributed by atoms with Crippen LogP contribution in [0.4, 0.5) is 5.69 Å². The molecule has 0 aromatic heterocycles. The number of hydrogen-bond donors (Lipinski definition) is 1. The summed E-state index contributed by atoms with van der Waals surface area (Å²) < 4.78 is 11.4.